The van der Waals surface area contributed by atoms with Gasteiger partial charge < -0.3 is 55.4 Å². The summed E-state index contributed by atoms with van der Waals surface area (Å²) in [4.78, 5) is 11.9. The fraction of sp³-hybridized carbons (Fsp3) is 0.958. The van der Waals surface area contributed by atoms with Crippen LogP contribution in [0.4, 0.5) is 0 Å². The third kappa shape index (κ3) is 9.43. The van der Waals surface area contributed by atoms with Crippen LogP contribution >= 0.6 is 0 Å². The van der Waals surface area contributed by atoms with Crippen LogP contribution in [-0.2, 0) is 14.3 Å². The third-order valence-corrected chi connectivity index (χ3v) is 6.79. The zero-order valence-electron chi connectivity index (χ0n) is 21.1. The molecule has 12 nitrogen and oxygen atoms in total. The Bertz CT molecular complexity index is 606. The van der Waals surface area contributed by atoms with Crippen LogP contribution in [0.15, 0.2) is 0 Å². The average molecular weight is 527 g/mol. The van der Waals surface area contributed by atoms with Crippen molar-refractivity contribution >= 4 is 5.97 Å². The third-order valence-electron chi connectivity index (χ3n) is 6.79. The number of hydrogen-bond donors (Lipinski definition) is 9. The number of aliphatic carboxylic acids is 1. The molecule has 9 N–H and O–H groups in total. The van der Waals surface area contributed by atoms with Crippen molar-refractivity contribution in [3.63, 3.8) is 0 Å². The van der Waals surface area contributed by atoms with Crippen LogP contribution in [0.25, 0.3) is 0 Å². The Morgan fingerprint density at radius 1 is 0.889 bits per heavy atom. The molecule has 0 amide bonds. The number of aliphatic hydroxyl groups is 8. The number of rotatable bonds is 19. The monoisotopic (exact) mass is 526 g/mol. The van der Waals surface area contributed by atoms with Crippen molar-refractivity contribution in [2.24, 2.45) is 0 Å². The molecular weight excluding hydrogens is 480 g/mol. The number of ether oxygens (including phenoxy) is 2. The number of carbonyl (C=O) groups is 1. The predicted octanol–water partition coefficient (Wildman–Crippen LogP) is -0.988. The van der Waals surface area contributed by atoms with Gasteiger partial charge in [-0.05, 0) is 12.8 Å². The summed E-state index contributed by atoms with van der Waals surface area (Å²) >= 11 is 0. The molecule has 0 spiro atoms. The largest absolute Gasteiger partial charge is 0.479 e. The summed E-state index contributed by atoms with van der Waals surface area (Å²) in [5, 5.41) is 90.2. The van der Waals surface area contributed by atoms with Crippen LogP contribution in [-0.4, -0.2) is 120 Å². The second-order valence-electron chi connectivity index (χ2n) is 9.65. The van der Waals surface area contributed by atoms with Crippen LogP contribution in [0.2, 0.25) is 0 Å². The van der Waals surface area contributed by atoms with Gasteiger partial charge in [-0.3, -0.25) is 0 Å². The van der Waals surface area contributed by atoms with E-state index in [1.807, 2.05) is 0 Å². The van der Waals surface area contributed by atoms with Crippen LogP contribution in [0.1, 0.15) is 77.6 Å². The summed E-state index contributed by atoms with van der Waals surface area (Å²) < 4.78 is 10.5. The zero-order chi connectivity index (χ0) is 27.3. The maximum atomic E-state index is 11.9. The van der Waals surface area contributed by atoms with Crippen molar-refractivity contribution in [1.29, 1.82) is 0 Å². The second-order valence-corrected chi connectivity index (χ2v) is 9.65. The first-order valence-corrected chi connectivity index (χ1v) is 12.9. The summed E-state index contributed by atoms with van der Waals surface area (Å²) in [6.45, 7) is 0.398. The van der Waals surface area contributed by atoms with Crippen molar-refractivity contribution in [3.8, 4) is 0 Å². The summed E-state index contributed by atoms with van der Waals surface area (Å²) in [5.41, 5.74) is -2.75. The zero-order valence-corrected chi connectivity index (χ0v) is 21.1. The summed E-state index contributed by atoms with van der Waals surface area (Å²) in [6.07, 6.45) is -5.42. The van der Waals surface area contributed by atoms with Crippen molar-refractivity contribution < 1.29 is 60.2 Å². The Morgan fingerprint density at radius 3 is 1.89 bits per heavy atom. The maximum Gasteiger partial charge on any atom is 0.338 e. The van der Waals surface area contributed by atoms with Crippen LogP contribution in [0.3, 0.4) is 0 Å². The highest BCUT2D eigenvalue weighted by molar-refractivity contribution is 5.78. The summed E-state index contributed by atoms with van der Waals surface area (Å²) in [6, 6.07) is 0. The highest BCUT2D eigenvalue weighted by atomic mass is 16.7. The molecule has 1 aliphatic rings. The minimum Gasteiger partial charge on any atom is -0.479 e. The van der Waals surface area contributed by atoms with Gasteiger partial charge in [0.1, 0.15) is 42.7 Å². The first-order valence-electron chi connectivity index (χ1n) is 12.9. The van der Waals surface area contributed by atoms with Gasteiger partial charge in [-0.2, -0.15) is 0 Å². The molecule has 1 heterocycles. The van der Waals surface area contributed by atoms with Gasteiger partial charge >= 0.3 is 5.97 Å². The van der Waals surface area contributed by atoms with E-state index in [1.165, 1.54) is 25.7 Å². The van der Waals surface area contributed by atoms with E-state index in [2.05, 4.69) is 6.92 Å². The van der Waals surface area contributed by atoms with E-state index < -0.39 is 73.8 Å². The predicted molar refractivity (Wildman–Crippen MR) is 127 cm³/mol. The van der Waals surface area contributed by atoms with E-state index in [4.69, 9.17) is 9.47 Å². The SMILES string of the molecule is CCCCCCCCCCCCC(O)(C(=O)O)C(O)C(O[C@H]1O[C@H](CO)[C@@H](O)[C@H](O)[C@H]1O)C(O)CO. The normalized spacial score (nSPS) is 28.9. The lowest BCUT2D eigenvalue weighted by Crippen LogP contribution is -2.63. The molecule has 0 saturated carbocycles. The molecule has 214 valence electrons. The number of carboxylic acid groups (broad SMARTS) is 1. The molecule has 1 aliphatic heterocycles. The molecular formula is C24H46O12. The van der Waals surface area contributed by atoms with Crippen LogP contribution in [0, 0.1) is 0 Å². The Labute approximate surface area is 212 Å². The number of aliphatic hydroxyl groups excluding tert-OH is 7. The Morgan fingerprint density at radius 2 is 1.42 bits per heavy atom. The lowest BCUT2D eigenvalue weighted by atomic mass is 9.85. The molecule has 36 heavy (non-hydrogen) atoms. The molecule has 0 bridgehead atoms. The van der Waals surface area contributed by atoms with Crippen molar-refractivity contribution in [2.75, 3.05) is 13.2 Å². The molecule has 12 heteroatoms. The molecule has 1 rings (SSSR count). The maximum absolute atomic E-state index is 11.9. The fourth-order valence-electron chi connectivity index (χ4n) is 4.35. The van der Waals surface area contributed by atoms with Gasteiger partial charge in [0, 0.05) is 0 Å². The second kappa shape index (κ2) is 16.8. The quantitative estimate of drug-likeness (QED) is 0.0927. The number of carboxylic acids is 1. The van der Waals surface area contributed by atoms with Gasteiger partial charge in [0.05, 0.1) is 13.2 Å². The van der Waals surface area contributed by atoms with E-state index >= 15 is 0 Å². The summed E-state index contributed by atoms with van der Waals surface area (Å²) in [7, 11) is 0. The number of hydrogen-bond acceptors (Lipinski definition) is 11. The van der Waals surface area contributed by atoms with Crippen molar-refractivity contribution in [1.82, 2.24) is 0 Å². The van der Waals surface area contributed by atoms with E-state index in [0.717, 1.165) is 25.7 Å². The standard InChI is InChI=1S/C24H46O12/c1-2-3-4-5-6-7-8-9-10-11-12-24(34,23(32)33)21(31)20(15(27)13-25)36-22-19(30)18(29)17(28)16(14-26)35-22/h15-22,25-31,34H,2-14H2,1H3,(H,32,33)/t15?,16-,17-,18+,19-,20?,21?,22-,24?/m1/s1. The van der Waals surface area contributed by atoms with Gasteiger partial charge in [0.25, 0.3) is 0 Å². The first-order chi connectivity index (χ1) is 17.0. The Hall–Kier alpha value is -0.930. The lowest BCUT2D eigenvalue weighted by molar-refractivity contribution is -0.330. The van der Waals surface area contributed by atoms with Gasteiger partial charge in [-0.25, -0.2) is 4.79 Å². The van der Waals surface area contributed by atoms with Crippen molar-refractivity contribution in [3.05, 3.63) is 0 Å². The fourth-order valence-corrected chi connectivity index (χ4v) is 4.35. The highest BCUT2D eigenvalue weighted by Crippen LogP contribution is 2.29. The molecule has 0 aromatic heterocycles. The van der Waals surface area contributed by atoms with E-state index in [0.29, 0.717) is 6.42 Å². The molecule has 1 fully saturated rings. The van der Waals surface area contributed by atoms with Crippen molar-refractivity contribution in [2.45, 2.75) is 132 Å². The first kappa shape index (κ1) is 33.1. The molecule has 9 atom stereocenters. The van der Waals surface area contributed by atoms with Crippen LogP contribution in [0.5, 0.6) is 0 Å². The topological polar surface area (TPSA) is 218 Å². The molecule has 0 radical (unpaired) electrons. The Balaban J connectivity index is 2.77. The van der Waals surface area contributed by atoms with E-state index in [-0.39, 0.29) is 12.8 Å². The molecule has 1 saturated heterocycles. The van der Waals surface area contributed by atoms with Gasteiger partial charge in [0.2, 0.25) is 0 Å². The minimum absolute atomic E-state index is 0.262. The van der Waals surface area contributed by atoms with Gasteiger partial charge in [-0.1, -0.05) is 64.7 Å². The smallest absolute Gasteiger partial charge is 0.338 e. The Kier molecular flexibility index (Phi) is 15.5. The average Bonchev–Trinajstić information content (AvgIpc) is 2.86. The minimum atomic E-state index is -2.75. The molecule has 0 aliphatic carbocycles. The lowest BCUT2D eigenvalue weighted by Gasteiger charge is -2.43. The number of unbranched alkanes of at least 4 members (excludes halogenated alkanes) is 9. The highest BCUT2D eigenvalue weighted by Gasteiger charge is 2.52. The van der Waals surface area contributed by atoms with Crippen LogP contribution < -0.4 is 0 Å². The summed E-state index contributed by atoms with van der Waals surface area (Å²) in [5.74, 6) is -1.77. The molecule has 0 aromatic carbocycles. The van der Waals surface area contributed by atoms with E-state index in [1.54, 1.807) is 0 Å². The molecule has 4 unspecified atom stereocenters. The van der Waals surface area contributed by atoms with Gasteiger partial charge in [-0.15, -0.1) is 0 Å². The van der Waals surface area contributed by atoms with E-state index in [9.17, 15) is 50.8 Å². The molecule has 0 aromatic rings. The van der Waals surface area contributed by atoms with Gasteiger partial charge in [0.15, 0.2) is 11.9 Å².